The van der Waals surface area contributed by atoms with Gasteiger partial charge in [0, 0.05) is 37.4 Å². The summed E-state index contributed by atoms with van der Waals surface area (Å²) < 4.78 is 0. The molecule has 0 atom stereocenters. The van der Waals surface area contributed by atoms with Crippen LogP contribution in [0.5, 0.6) is 0 Å². The summed E-state index contributed by atoms with van der Waals surface area (Å²) in [6, 6.07) is 38.6. The van der Waals surface area contributed by atoms with Gasteiger partial charge in [-0.15, -0.1) is 77.0 Å². The van der Waals surface area contributed by atoms with Gasteiger partial charge in [-0.25, -0.2) is 0 Å². The third-order valence-corrected chi connectivity index (χ3v) is 8.73. The normalized spacial score (nSPS) is 11.5. The monoisotopic (exact) mass is 723 g/mol. The molecule has 1 aliphatic rings. The zero-order chi connectivity index (χ0) is 27.2. The van der Waals surface area contributed by atoms with E-state index >= 15 is 0 Å². The topological polar surface area (TPSA) is 25.8 Å². The predicted molar refractivity (Wildman–Crippen MR) is 168 cm³/mol. The van der Waals surface area contributed by atoms with E-state index < -0.39 is 0 Å². The van der Waals surface area contributed by atoms with E-state index in [0.29, 0.717) is 0 Å². The van der Waals surface area contributed by atoms with Crippen LogP contribution in [0.3, 0.4) is 0 Å². The summed E-state index contributed by atoms with van der Waals surface area (Å²) >= 11 is 1.83. The Morgan fingerprint density at radius 1 is 0.683 bits per heavy atom. The van der Waals surface area contributed by atoms with Crippen molar-refractivity contribution in [3.8, 4) is 22.5 Å². The van der Waals surface area contributed by atoms with Gasteiger partial charge in [0.15, 0.2) is 0 Å². The van der Waals surface area contributed by atoms with Crippen LogP contribution in [0, 0.1) is 32.9 Å². The Morgan fingerprint density at radius 2 is 1.56 bits per heavy atom. The molecule has 3 heterocycles. The van der Waals surface area contributed by atoms with Gasteiger partial charge in [-0.05, 0) is 75.2 Å². The number of fused-ring (bicyclic) bond motifs is 6. The minimum Gasteiger partial charge on any atom is -0.304 e. The van der Waals surface area contributed by atoms with Crippen LogP contribution in [0.1, 0.15) is 16.7 Å². The van der Waals surface area contributed by atoms with Gasteiger partial charge in [-0.2, -0.15) is 0 Å². The van der Waals surface area contributed by atoms with Crippen LogP contribution in [-0.2, 0) is 20.1 Å². The maximum Gasteiger partial charge on any atom is 0.0192 e. The summed E-state index contributed by atoms with van der Waals surface area (Å²) in [6.45, 7) is 6.24. The molecule has 0 saturated heterocycles. The number of aryl methyl sites for hydroxylation is 3. The Kier molecular flexibility index (Phi) is 7.48. The van der Waals surface area contributed by atoms with E-state index in [-0.39, 0.29) is 20.1 Å². The molecule has 0 unspecified atom stereocenters. The standard InChI is InChI=1S/C23H12NS.C14H14N.Ir/c1-2-6-15-14(5-1)9-10-16-17-11-12-24-23-18-7-3-4-8-20(18)25-21(22(17)23)13-19(15)16;1-10-4-6-13(7-5-10)14-8-11(2)12(3)9-15-14;/h1-6,8-13H;4-6,8-9H,1-3H3;/q2*-1;. The molecule has 0 saturated carbocycles. The molecule has 8 rings (SSSR count). The van der Waals surface area contributed by atoms with Crippen LogP contribution in [0.2, 0.25) is 0 Å². The minimum absolute atomic E-state index is 0. The molecule has 7 aromatic rings. The molecular formula is C37H26IrN2S-2. The molecule has 5 aromatic carbocycles. The summed E-state index contributed by atoms with van der Waals surface area (Å²) in [5.74, 6) is 0. The zero-order valence-electron chi connectivity index (χ0n) is 23.0. The molecule has 0 N–H and O–H groups in total. The van der Waals surface area contributed by atoms with Crippen molar-refractivity contribution in [2.24, 2.45) is 0 Å². The summed E-state index contributed by atoms with van der Waals surface area (Å²) in [5.41, 5.74) is 7.95. The van der Waals surface area contributed by atoms with Gasteiger partial charge in [0.2, 0.25) is 0 Å². The molecule has 0 aliphatic carbocycles. The van der Waals surface area contributed by atoms with Crippen LogP contribution in [-0.4, -0.2) is 9.97 Å². The first-order chi connectivity index (χ1) is 19.6. The molecule has 41 heavy (non-hydrogen) atoms. The first kappa shape index (κ1) is 27.4. The molecule has 1 aliphatic heterocycles. The fraction of sp³-hybridized carbons (Fsp3) is 0.0811. The van der Waals surface area contributed by atoms with Gasteiger partial charge in [0.05, 0.1) is 0 Å². The van der Waals surface area contributed by atoms with Crippen molar-refractivity contribution >= 4 is 44.1 Å². The van der Waals surface area contributed by atoms with Crippen LogP contribution in [0.15, 0.2) is 113 Å². The SMILES string of the molecule is Cc1c[c-]c(-c2cc(C)c(C)cn2)cc1.[Ir].[c-]1cccc2c1-c1nccc3c1c(cc1c4ccccc4ccc31)S2. The van der Waals surface area contributed by atoms with Crippen LogP contribution >= 0.6 is 11.8 Å². The second-order valence-corrected chi connectivity index (χ2v) is 11.4. The fourth-order valence-electron chi connectivity index (χ4n) is 5.34. The van der Waals surface area contributed by atoms with Gasteiger partial charge in [-0.3, -0.25) is 0 Å². The van der Waals surface area contributed by atoms with Crippen molar-refractivity contribution in [3.05, 3.63) is 132 Å². The van der Waals surface area contributed by atoms with Crippen LogP contribution < -0.4 is 0 Å². The molecular weight excluding hydrogens is 697 g/mol. The number of benzene rings is 5. The first-order valence-electron chi connectivity index (χ1n) is 13.4. The summed E-state index contributed by atoms with van der Waals surface area (Å²) in [4.78, 5) is 11.6. The van der Waals surface area contributed by atoms with Crippen molar-refractivity contribution < 1.29 is 20.1 Å². The van der Waals surface area contributed by atoms with E-state index in [1.54, 1.807) is 0 Å². The Hall–Kier alpha value is -3.82. The number of nitrogens with zero attached hydrogens (tertiary/aromatic N) is 2. The van der Waals surface area contributed by atoms with E-state index in [1.165, 1.54) is 58.8 Å². The van der Waals surface area contributed by atoms with Gasteiger partial charge in [-0.1, -0.05) is 59.8 Å². The van der Waals surface area contributed by atoms with E-state index in [4.69, 9.17) is 4.98 Å². The molecule has 201 valence electrons. The van der Waals surface area contributed by atoms with Crippen LogP contribution in [0.4, 0.5) is 0 Å². The largest absolute Gasteiger partial charge is 0.304 e. The Balaban J connectivity index is 0.000000164. The smallest absolute Gasteiger partial charge is 0.0192 e. The quantitative estimate of drug-likeness (QED) is 0.125. The maximum atomic E-state index is 4.70. The number of rotatable bonds is 1. The van der Waals surface area contributed by atoms with Gasteiger partial charge < -0.3 is 9.97 Å². The van der Waals surface area contributed by atoms with Crippen molar-refractivity contribution in [1.29, 1.82) is 0 Å². The second kappa shape index (κ2) is 11.2. The summed E-state index contributed by atoms with van der Waals surface area (Å²) in [6.07, 6.45) is 3.84. The van der Waals surface area contributed by atoms with E-state index in [1.807, 2.05) is 42.4 Å². The van der Waals surface area contributed by atoms with E-state index in [9.17, 15) is 0 Å². The Morgan fingerprint density at radius 3 is 2.39 bits per heavy atom. The molecule has 0 bridgehead atoms. The summed E-state index contributed by atoms with van der Waals surface area (Å²) in [7, 11) is 0. The summed E-state index contributed by atoms with van der Waals surface area (Å²) in [5, 5.41) is 7.73. The van der Waals surface area contributed by atoms with Crippen molar-refractivity contribution in [2.45, 2.75) is 30.6 Å². The molecule has 1 radical (unpaired) electrons. The molecule has 0 spiro atoms. The van der Waals surface area contributed by atoms with E-state index in [2.05, 4.69) is 111 Å². The van der Waals surface area contributed by atoms with Gasteiger partial charge >= 0.3 is 0 Å². The number of aromatic nitrogens is 2. The van der Waals surface area contributed by atoms with Crippen molar-refractivity contribution in [3.63, 3.8) is 0 Å². The van der Waals surface area contributed by atoms with Crippen molar-refractivity contribution in [2.75, 3.05) is 0 Å². The Labute approximate surface area is 258 Å². The average molecular weight is 723 g/mol. The minimum atomic E-state index is 0. The molecule has 0 amide bonds. The van der Waals surface area contributed by atoms with Gasteiger partial charge in [0.25, 0.3) is 0 Å². The number of hydrogen-bond donors (Lipinski definition) is 0. The van der Waals surface area contributed by atoms with E-state index in [0.717, 1.165) is 22.5 Å². The number of pyridine rings is 2. The molecule has 2 aromatic heterocycles. The maximum absolute atomic E-state index is 4.70. The first-order valence-corrected chi connectivity index (χ1v) is 14.2. The predicted octanol–water partition coefficient (Wildman–Crippen LogP) is 9.94. The third kappa shape index (κ3) is 4.97. The molecule has 0 fully saturated rings. The van der Waals surface area contributed by atoms with Crippen molar-refractivity contribution in [1.82, 2.24) is 9.97 Å². The fourth-order valence-corrected chi connectivity index (χ4v) is 6.47. The average Bonchev–Trinajstić information content (AvgIpc) is 2.99. The Bertz CT molecular complexity index is 2070. The molecule has 4 heteroatoms. The third-order valence-electron chi connectivity index (χ3n) is 7.62. The molecule has 2 nitrogen and oxygen atoms in total. The zero-order valence-corrected chi connectivity index (χ0v) is 26.2. The second-order valence-electron chi connectivity index (χ2n) is 10.3. The van der Waals surface area contributed by atoms with Gasteiger partial charge in [0.1, 0.15) is 0 Å². The number of hydrogen-bond acceptors (Lipinski definition) is 3. The van der Waals surface area contributed by atoms with Crippen LogP contribution in [0.25, 0.3) is 54.8 Å².